The van der Waals surface area contributed by atoms with Crippen molar-refractivity contribution in [3.05, 3.63) is 45.9 Å². The van der Waals surface area contributed by atoms with Gasteiger partial charge < -0.3 is 15.4 Å². The van der Waals surface area contributed by atoms with Gasteiger partial charge in [0.05, 0.1) is 19.3 Å². The van der Waals surface area contributed by atoms with Crippen LogP contribution in [0.1, 0.15) is 48.9 Å². The van der Waals surface area contributed by atoms with Gasteiger partial charge in [-0.25, -0.2) is 4.98 Å². The van der Waals surface area contributed by atoms with E-state index in [1.807, 2.05) is 19.2 Å². The normalized spacial score (nSPS) is 16.1. The molecule has 0 spiro atoms. The third-order valence-corrected chi connectivity index (χ3v) is 6.49. The quantitative estimate of drug-likeness (QED) is 0.493. The molecule has 2 aromatic rings. The Balaban J connectivity index is 1.36. The molecular formula is C23H35N5OS. The number of methoxy groups -OCH3 is 1. The second kappa shape index (κ2) is 11.3. The van der Waals surface area contributed by atoms with Crippen LogP contribution in [0.25, 0.3) is 0 Å². The summed E-state index contributed by atoms with van der Waals surface area (Å²) in [6.07, 6.45) is 2.43. The molecule has 0 radical (unpaired) electrons. The molecule has 164 valence electrons. The Bertz CT molecular complexity index is 794. The molecule has 2 heterocycles. The van der Waals surface area contributed by atoms with Crippen LogP contribution in [0.2, 0.25) is 0 Å². The zero-order valence-electron chi connectivity index (χ0n) is 18.6. The number of piperidine rings is 1. The fourth-order valence-corrected chi connectivity index (χ4v) is 4.53. The van der Waals surface area contributed by atoms with E-state index in [2.05, 4.69) is 56.9 Å². The van der Waals surface area contributed by atoms with E-state index in [4.69, 9.17) is 4.74 Å². The van der Waals surface area contributed by atoms with Crippen LogP contribution in [0.5, 0.6) is 5.75 Å². The Morgan fingerprint density at radius 1 is 1.23 bits per heavy atom. The van der Waals surface area contributed by atoms with E-state index >= 15 is 0 Å². The lowest BCUT2D eigenvalue weighted by molar-refractivity contribution is 0.178. The Kier molecular flexibility index (Phi) is 8.51. The molecule has 7 heteroatoms. The molecule has 3 rings (SSSR count). The third kappa shape index (κ3) is 6.71. The van der Waals surface area contributed by atoms with E-state index < -0.39 is 0 Å². The largest absolute Gasteiger partial charge is 0.497 e. The third-order valence-electron chi connectivity index (χ3n) is 5.62. The molecule has 1 aromatic heterocycles. The van der Waals surface area contributed by atoms with Crippen LogP contribution in [-0.4, -0.2) is 49.6 Å². The van der Waals surface area contributed by atoms with E-state index in [0.717, 1.165) is 49.4 Å². The minimum Gasteiger partial charge on any atom is -0.497 e. The second-order valence-electron chi connectivity index (χ2n) is 8.20. The zero-order valence-corrected chi connectivity index (χ0v) is 19.5. The predicted molar refractivity (Wildman–Crippen MR) is 125 cm³/mol. The zero-order chi connectivity index (χ0) is 21.3. The summed E-state index contributed by atoms with van der Waals surface area (Å²) in [5, 5.41) is 10.1. The fourth-order valence-electron chi connectivity index (χ4n) is 3.63. The number of thiazole rings is 1. The van der Waals surface area contributed by atoms with Gasteiger partial charge in [-0.15, -0.1) is 11.3 Å². The average Bonchev–Trinajstić information content (AvgIpc) is 3.25. The van der Waals surface area contributed by atoms with Gasteiger partial charge in [0, 0.05) is 25.5 Å². The number of likely N-dealkylation sites (tertiary alicyclic amines) is 1. The summed E-state index contributed by atoms with van der Waals surface area (Å²) >= 11 is 1.71. The SMILES string of the molecule is CN=C(NCc1nc(C(C)C)cs1)NCC1CCN(Cc2ccc(OC)cc2)CC1. The number of nitrogens with zero attached hydrogens (tertiary/aromatic N) is 3. The fraction of sp³-hybridized carbons (Fsp3) is 0.565. The lowest BCUT2D eigenvalue weighted by Crippen LogP contribution is -2.42. The van der Waals surface area contributed by atoms with E-state index in [1.54, 1.807) is 18.4 Å². The molecule has 0 unspecified atom stereocenters. The monoisotopic (exact) mass is 429 g/mol. The summed E-state index contributed by atoms with van der Waals surface area (Å²) in [7, 11) is 3.54. The number of aliphatic imine (C=N–C) groups is 1. The van der Waals surface area contributed by atoms with Crippen LogP contribution in [0.3, 0.4) is 0 Å². The standard InChI is InChI=1S/C23H35N5OS/c1-17(2)21-16-30-22(27-21)14-26-23(24-3)25-13-18-9-11-28(12-10-18)15-19-5-7-20(29-4)8-6-19/h5-8,16-18H,9-15H2,1-4H3,(H2,24,25,26). The Morgan fingerprint density at radius 3 is 2.57 bits per heavy atom. The van der Waals surface area contributed by atoms with Gasteiger partial charge in [0.15, 0.2) is 5.96 Å². The van der Waals surface area contributed by atoms with Gasteiger partial charge >= 0.3 is 0 Å². The predicted octanol–water partition coefficient (Wildman–Crippen LogP) is 3.85. The first-order valence-electron chi connectivity index (χ1n) is 10.8. The van der Waals surface area contributed by atoms with Crippen molar-refractivity contribution in [2.45, 2.75) is 45.7 Å². The van der Waals surface area contributed by atoms with Crippen molar-refractivity contribution < 1.29 is 4.74 Å². The minimum absolute atomic E-state index is 0.475. The first-order chi connectivity index (χ1) is 14.6. The van der Waals surface area contributed by atoms with Crippen LogP contribution >= 0.6 is 11.3 Å². The first-order valence-corrected chi connectivity index (χ1v) is 11.7. The van der Waals surface area contributed by atoms with Crippen molar-refractivity contribution in [3.8, 4) is 5.75 Å². The van der Waals surface area contributed by atoms with Crippen LogP contribution in [0.4, 0.5) is 0 Å². The molecule has 0 bridgehead atoms. The highest BCUT2D eigenvalue weighted by atomic mass is 32.1. The van der Waals surface area contributed by atoms with Crippen LogP contribution in [0.15, 0.2) is 34.6 Å². The molecule has 0 aliphatic carbocycles. The number of nitrogens with one attached hydrogen (secondary N) is 2. The van der Waals surface area contributed by atoms with Gasteiger partial charge in [0.2, 0.25) is 0 Å². The number of rotatable bonds is 8. The molecule has 30 heavy (non-hydrogen) atoms. The van der Waals surface area contributed by atoms with Crippen LogP contribution in [0, 0.1) is 5.92 Å². The molecular weight excluding hydrogens is 394 g/mol. The van der Waals surface area contributed by atoms with Crippen LogP contribution < -0.4 is 15.4 Å². The van der Waals surface area contributed by atoms with Crippen molar-refractivity contribution in [2.24, 2.45) is 10.9 Å². The van der Waals surface area contributed by atoms with Gasteiger partial charge in [-0.2, -0.15) is 0 Å². The molecule has 0 amide bonds. The highest BCUT2D eigenvalue weighted by Gasteiger charge is 2.19. The summed E-state index contributed by atoms with van der Waals surface area (Å²) in [5.74, 6) is 2.93. The molecule has 1 aromatic carbocycles. The van der Waals surface area contributed by atoms with Gasteiger partial charge in [-0.05, 0) is 55.5 Å². The summed E-state index contributed by atoms with van der Waals surface area (Å²) < 4.78 is 5.24. The summed E-state index contributed by atoms with van der Waals surface area (Å²) in [6.45, 7) is 9.33. The lowest BCUT2D eigenvalue weighted by atomic mass is 9.96. The lowest BCUT2D eigenvalue weighted by Gasteiger charge is -2.32. The number of guanidine groups is 1. The average molecular weight is 430 g/mol. The topological polar surface area (TPSA) is 61.8 Å². The number of benzene rings is 1. The number of hydrogen-bond acceptors (Lipinski definition) is 5. The molecule has 0 saturated carbocycles. The molecule has 6 nitrogen and oxygen atoms in total. The highest BCUT2D eigenvalue weighted by Crippen LogP contribution is 2.20. The minimum atomic E-state index is 0.475. The van der Waals surface area contributed by atoms with E-state index in [-0.39, 0.29) is 0 Å². The summed E-state index contributed by atoms with van der Waals surface area (Å²) in [4.78, 5) is 11.6. The van der Waals surface area contributed by atoms with Crippen molar-refractivity contribution in [1.82, 2.24) is 20.5 Å². The molecule has 1 aliphatic heterocycles. The highest BCUT2D eigenvalue weighted by molar-refractivity contribution is 7.09. The Morgan fingerprint density at radius 2 is 1.97 bits per heavy atom. The summed E-state index contributed by atoms with van der Waals surface area (Å²) in [6, 6.07) is 8.41. The van der Waals surface area contributed by atoms with E-state index in [9.17, 15) is 0 Å². The van der Waals surface area contributed by atoms with Crippen molar-refractivity contribution >= 4 is 17.3 Å². The van der Waals surface area contributed by atoms with Gasteiger partial charge in [-0.3, -0.25) is 9.89 Å². The Labute approximate surface area is 184 Å². The number of aromatic nitrogens is 1. The first kappa shape index (κ1) is 22.6. The summed E-state index contributed by atoms with van der Waals surface area (Å²) in [5.41, 5.74) is 2.51. The molecule has 2 N–H and O–H groups in total. The van der Waals surface area contributed by atoms with E-state index in [1.165, 1.54) is 24.1 Å². The van der Waals surface area contributed by atoms with Gasteiger partial charge in [0.1, 0.15) is 10.8 Å². The van der Waals surface area contributed by atoms with Crippen molar-refractivity contribution in [3.63, 3.8) is 0 Å². The van der Waals surface area contributed by atoms with Crippen molar-refractivity contribution in [1.29, 1.82) is 0 Å². The molecule has 1 fully saturated rings. The maximum absolute atomic E-state index is 5.24. The van der Waals surface area contributed by atoms with Crippen LogP contribution in [-0.2, 0) is 13.1 Å². The smallest absolute Gasteiger partial charge is 0.191 e. The second-order valence-corrected chi connectivity index (χ2v) is 9.14. The van der Waals surface area contributed by atoms with Crippen molar-refractivity contribution in [2.75, 3.05) is 33.8 Å². The van der Waals surface area contributed by atoms with E-state index in [0.29, 0.717) is 11.8 Å². The number of hydrogen-bond donors (Lipinski definition) is 2. The number of ether oxygens (including phenoxy) is 1. The molecule has 1 saturated heterocycles. The maximum atomic E-state index is 5.24. The van der Waals surface area contributed by atoms with Gasteiger partial charge in [-0.1, -0.05) is 26.0 Å². The van der Waals surface area contributed by atoms with Gasteiger partial charge in [0.25, 0.3) is 0 Å². The molecule has 1 aliphatic rings. The molecule has 0 atom stereocenters. The maximum Gasteiger partial charge on any atom is 0.191 e. The Hall–Kier alpha value is -2.12.